The SMILES string of the molecule is Cc1ccc2c(c1)CC(C)C2(N)CO. The highest BCUT2D eigenvalue weighted by atomic mass is 16.3. The van der Waals surface area contributed by atoms with Gasteiger partial charge >= 0.3 is 0 Å². The quantitative estimate of drug-likeness (QED) is 0.703. The number of hydrogen-bond acceptors (Lipinski definition) is 2. The second-order valence-electron chi connectivity index (χ2n) is 4.46. The molecule has 0 fully saturated rings. The molecule has 0 aromatic heterocycles. The third kappa shape index (κ3) is 1.18. The maximum atomic E-state index is 9.39. The molecule has 14 heavy (non-hydrogen) atoms. The molecule has 2 heteroatoms. The Labute approximate surface area is 84.7 Å². The Morgan fingerprint density at radius 3 is 2.93 bits per heavy atom. The first-order valence-corrected chi connectivity index (χ1v) is 5.07. The summed E-state index contributed by atoms with van der Waals surface area (Å²) in [6.07, 6.45) is 0.980. The van der Waals surface area contributed by atoms with Gasteiger partial charge in [-0.1, -0.05) is 30.7 Å². The van der Waals surface area contributed by atoms with E-state index in [1.54, 1.807) is 0 Å². The van der Waals surface area contributed by atoms with E-state index in [4.69, 9.17) is 5.73 Å². The molecular formula is C12H17NO. The van der Waals surface area contributed by atoms with Gasteiger partial charge in [-0.15, -0.1) is 0 Å². The van der Waals surface area contributed by atoms with Gasteiger partial charge < -0.3 is 10.8 Å². The van der Waals surface area contributed by atoms with Crippen LogP contribution in [0.1, 0.15) is 23.6 Å². The summed E-state index contributed by atoms with van der Waals surface area (Å²) in [6.45, 7) is 4.22. The molecule has 1 aromatic rings. The summed E-state index contributed by atoms with van der Waals surface area (Å²) < 4.78 is 0. The molecule has 76 valence electrons. The van der Waals surface area contributed by atoms with Crippen LogP contribution in [0.15, 0.2) is 18.2 Å². The standard InChI is InChI=1S/C12H17NO/c1-8-3-4-11-10(5-8)6-9(2)12(11,13)7-14/h3-5,9,14H,6-7,13H2,1-2H3. The van der Waals surface area contributed by atoms with Crippen LogP contribution in [-0.2, 0) is 12.0 Å². The molecule has 0 saturated carbocycles. The van der Waals surface area contributed by atoms with Crippen molar-refractivity contribution in [3.63, 3.8) is 0 Å². The van der Waals surface area contributed by atoms with Crippen LogP contribution < -0.4 is 5.73 Å². The summed E-state index contributed by atoms with van der Waals surface area (Å²) in [7, 11) is 0. The van der Waals surface area contributed by atoms with Crippen molar-refractivity contribution in [2.45, 2.75) is 25.8 Å². The highest BCUT2D eigenvalue weighted by molar-refractivity contribution is 5.42. The average Bonchev–Trinajstić information content (AvgIpc) is 2.39. The largest absolute Gasteiger partial charge is 0.394 e. The van der Waals surface area contributed by atoms with E-state index >= 15 is 0 Å². The fraction of sp³-hybridized carbons (Fsp3) is 0.500. The second kappa shape index (κ2) is 3.07. The third-order valence-electron chi connectivity index (χ3n) is 3.43. The number of rotatable bonds is 1. The van der Waals surface area contributed by atoms with Gasteiger partial charge in [0.25, 0.3) is 0 Å². The van der Waals surface area contributed by atoms with Crippen molar-refractivity contribution >= 4 is 0 Å². The maximum absolute atomic E-state index is 9.39. The summed E-state index contributed by atoms with van der Waals surface area (Å²) in [6, 6.07) is 6.30. The van der Waals surface area contributed by atoms with E-state index in [-0.39, 0.29) is 6.61 Å². The lowest BCUT2D eigenvalue weighted by atomic mass is 9.86. The molecule has 0 radical (unpaired) electrons. The minimum atomic E-state index is -0.525. The second-order valence-corrected chi connectivity index (χ2v) is 4.46. The topological polar surface area (TPSA) is 46.2 Å². The van der Waals surface area contributed by atoms with Crippen molar-refractivity contribution in [2.75, 3.05) is 6.61 Å². The Morgan fingerprint density at radius 2 is 2.29 bits per heavy atom. The maximum Gasteiger partial charge on any atom is 0.0675 e. The highest BCUT2D eigenvalue weighted by Crippen LogP contribution is 2.39. The Hall–Kier alpha value is -0.860. The van der Waals surface area contributed by atoms with Gasteiger partial charge in [0, 0.05) is 0 Å². The number of aryl methyl sites for hydroxylation is 1. The van der Waals surface area contributed by atoms with Gasteiger partial charge in [-0.25, -0.2) is 0 Å². The molecule has 1 aliphatic carbocycles. The zero-order valence-electron chi connectivity index (χ0n) is 8.75. The summed E-state index contributed by atoms with van der Waals surface area (Å²) >= 11 is 0. The number of nitrogens with two attached hydrogens (primary N) is 1. The number of benzene rings is 1. The van der Waals surface area contributed by atoms with Crippen LogP contribution in [0.25, 0.3) is 0 Å². The number of aliphatic hydroxyl groups is 1. The van der Waals surface area contributed by atoms with Gasteiger partial charge in [0.2, 0.25) is 0 Å². The van der Waals surface area contributed by atoms with Crippen molar-refractivity contribution < 1.29 is 5.11 Å². The van der Waals surface area contributed by atoms with E-state index in [2.05, 4.69) is 32.0 Å². The Bertz CT molecular complexity index is 361. The van der Waals surface area contributed by atoms with Crippen LogP contribution in [0, 0.1) is 12.8 Å². The molecule has 0 spiro atoms. The molecule has 1 aromatic carbocycles. The fourth-order valence-electron chi connectivity index (χ4n) is 2.36. The lowest BCUT2D eigenvalue weighted by Crippen LogP contribution is -2.43. The van der Waals surface area contributed by atoms with Crippen LogP contribution in [-0.4, -0.2) is 11.7 Å². The minimum absolute atomic E-state index is 0.0320. The summed E-state index contributed by atoms with van der Waals surface area (Å²) in [5.74, 6) is 0.323. The van der Waals surface area contributed by atoms with Gasteiger partial charge in [0.15, 0.2) is 0 Å². The number of aliphatic hydroxyl groups excluding tert-OH is 1. The molecule has 2 nitrogen and oxygen atoms in total. The Morgan fingerprint density at radius 1 is 1.57 bits per heavy atom. The predicted octanol–water partition coefficient (Wildman–Crippen LogP) is 1.33. The van der Waals surface area contributed by atoms with Crippen molar-refractivity contribution in [1.29, 1.82) is 0 Å². The number of fused-ring (bicyclic) bond motifs is 1. The van der Waals surface area contributed by atoms with Crippen LogP contribution in [0.3, 0.4) is 0 Å². The molecular weight excluding hydrogens is 174 g/mol. The van der Waals surface area contributed by atoms with E-state index in [9.17, 15) is 5.11 Å². The molecule has 3 N–H and O–H groups in total. The summed E-state index contributed by atoms with van der Waals surface area (Å²) in [4.78, 5) is 0. The molecule has 2 rings (SSSR count). The van der Waals surface area contributed by atoms with Crippen LogP contribution in [0.2, 0.25) is 0 Å². The average molecular weight is 191 g/mol. The molecule has 0 amide bonds. The van der Waals surface area contributed by atoms with Gasteiger partial charge in [0.05, 0.1) is 12.1 Å². The van der Waals surface area contributed by atoms with E-state index in [1.807, 2.05) is 0 Å². The van der Waals surface area contributed by atoms with Crippen LogP contribution >= 0.6 is 0 Å². The Kier molecular flexibility index (Phi) is 2.13. The van der Waals surface area contributed by atoms with Crippen LogP contribution in [0.4, 0.5) is 0 Å². The monoisotopic (exact) mass is 191 g/mol. The molecule has 1 aliphatic rings. The first kappa shape index (κ1) is 9.69. The van der Waals surface area contributed by atoms with Gasteiger partial charge in [0.1, 0.15) is 0 Å². The van der Waals surface area contributed by atoms with Crippen molar-refractivity contribution in [2.24, 2.45) is 11.7 Å². The molecule has 0 aliphatic heterocycles. The smallest absolute Gasteiger partial charge is 0.0675 e. The Balaban J connectivity index is 2.53. The summed E-state index contributed by atoms with van der Waals surface area (Å²) in [5.41, 5.74) is 9.37. The van der Waals surface area contributed by atoms with E-state index in [0.29, 0.717) is 5.92 Å². The first-order chi connectivity index (χ1) is 6.58. The first-order valence-electron chi connectivity index (χ1n) is 5.07. The van der Waals surface area contributed by atoms with Gasteiger partial charge in [-0.05, 0) is 30.4 Å². The molecule has 0 heterocycles. The summed E-state index contributed by atoms with van der Waals surface area (Å²) in [5, 5.41) is 9.39. The zero-order chi connectivity index (χ0) is 10.3. The molecule has 0 bridgehead atoms. The molecule has 2 atom stereocenters. The van der Waals surface area contributed by atoms with Gasteiger partial charge in [-0.3, -0.25) is 0 Å². The van der Waals surface area contributed by atoms with Crippen molar-refractivity contribution in [1.82, 2.24) is 0 Å². The third-order valence-corrected chi connectivity index (χ3v) is 3.43. The van der Waals surface area contributed by atoms with E-state index in [0.717, 1.165) is 12.0 Å². The number of hydrogen-bond donors (Lipinski definition) is 2. The van der Waals surface area contributed by atoms with Crippen LogP contribution in [0.5, 0.6) is 0 Å². The fourth-order valence-corrected chi connectivity index (χ4v) is 2.36. The normalized spacial score (nSPS) is 30.4. The van der Waals surface area contributed by atoms with Crippen molar-refractivity contribution in [3.05, 3.63) is 34.9 Å². The molecule has 0 saturated heterocycles. The zero-order valence-corrected chi connectivity index (χ0v) is 8.75. The van der Waals surface area contributed by atoms with Gasteiger partial charge in [-0.2, -0.15) is 0 Å². The predicted molar refractivity (Wildman–Crippen MR) is 57.0 cm³/mol. The van der Waals surface area contributed by atoms with Crippen molar-refractivity contribution in [3.8, 4) is 0 Å². The lowest BCUT2D eigenvalue weighted by Gasteiger charge is -2.27. The van der Waals surface area contributed by atoms with E-state index in [1.165, 1.54) is 11.1 Å². The van der Waals surface area contributed by atoms with E-state index < -0.39 is 5.54 Å². The molecule has 2 unspecified atom stereocenters. The minimum Gasteiger partial charge on any atom is -0.394 e. The lowest BCUT2D eigenvalue weighted by molar-refractivity contribution is 0.159. The highest BCUT2D eigenvalue weighted by Gasteiger charge is 2.40.